The normalized spacial score (nSPS) is 19.4. The summed E-state index contributed by atoms with van der Waals surface area (Å²) in [6.45, 7) is 3.11. The first-order valence-corrected chi connectivity index (χ1v) is 6.40. The van der Waals surface area contributed by atoms with E-state index in [2.05, 4.69) is 10.3 Å². The first kappa shape index (κ1) is 10.7. The van der Waals surface area contributed by atoms with Crippen LogP contribution >= 0.6 is 0 Å². The predicted octanol–water partition coefficient (Wildman–Crippen LogP) is 1.74. The van der Waals surface area contributed by atoms with Crippen molar-refractivity contribution in [2.24, 2.45) is 5.92 Å². The predicted molar refractivity (Wildman–Crippen MR) is 60.7 cm³/mol. The van der Waals surface area contributed by atoms with Crippen LogP contribution < -0.4 is 0 Å². The summed E-state index contributed by atoms with van der Waals surface area (Å²) in [6.07, 6.45) is 4.84. The van der Waals surface area contributed by atoms with Crippen molar-refractivity contribution < 1.29 is 9.53 Å². The first-order valence-electron chi connectivity index (χ1n) is 6.40. The number of carbonyl (C=O) groups excluding carboxylic acids is 1. The van der Waals surface area contributed by atoms with Gasteiger partial charge in [0.1, 0.15) is 0 Å². The van der Waals surface area contributed by atoms with Crippen LogP contribution in [0.5, 0.6) is 0 Å². The molecule has 0 amide bonds. The molecular formula is C12H17N3O2. The van der Waals surface area contributed by atoms with Crippen LogP contribution in [0.4, 0.5) is 0 Å². The fraction of sp³-hybridized carbons (Fsp3) is 0.750. The molecule has 17 heavy (non-hydrogen) atoms. The van der Waals surface area contributed by atoms with E-state index in [-0.39, 0.29) is 5.97 Å². The molecule has 1 heterocycles. The van der Waals surface area contributed by atoms with Crippen molar-refractivity contribution >= 4 is 5.97 Å². The zero-order chi connectivity index (χ0) is 11.8. The van der Waals surface area contributed by atoms with Gasteiger partial charge in [0.15, 0.2) is 5.69 Å². The quantitative estimate of drug-likeness (QED) is 0.729. The van der Waals surface area contributed by atoms with E-state index in [1.165, 1.54) is 12.8 Å². The Balaban J connectivity index is 1.86. The lowest BCUT2D eigenvalue weighted by Crippen LogP contribution is -2.11. The summed E-state index contributed by atoms with van der Waals surface area (Å²) >= 11 is 0. The summed E-state index contributed by atoms with van der Waals surface area (Å²) in [4.78, 5) is 11.8. The molecule has 0 bridgehead atoms. The summed E-state index contributed by atoms with van der Waals surface area (Å²) in [5, 5.41) is 8.14. The van der Waals surface area contributed by atoms with Crippen LogP contribution in [0.15, 0.2) is 0 Å². The molecule has 0 spiro atoms. The Morgan fingerprint density at radius 1 is 1.41 bits per heavy atom. The molecule has 1 aromatic rings. The van der Waals surface area contributed by atoms with E-state index in [9.17, 15) is 4.79 Å². The van der Waals surface area contributed by atoms with Gasteiger partial charge in [-0.15, -0.1) is 5.10 Å². The molecule has 92 valence electrons. The highest BCUT2D eigenvalue weighted by molar-refractivity contribution is 5.88. The molecule has 2 fully saturated rings. The van der Waals surface area contributed by atoms with E-state index in [1.54, 1.807) is 0 Å². The third-order valence-electron chi connectivity index (χ3n) is 3.33. The van der Waals surface area contributed by atoms with Crippen molar-refractivity contribution in [3.05, 3.63) is 11.4 Å². The van der Waals surface area contributed by atoms with E-state index in [0.717, 1.165) is 31.0 Å². The molecule has 0 aromatic carbocycles. The zero-order valence-electron chi connectivity index (χ0n) is 10.1. The van der Waals surface area contributed by atoms with E-state index >= 15 is 0 Å². The summed E-state index contributed by atoms with van der Waals surface area (Å²) in [6, 6.07) is 0. The van der Waals surface area contributed by atoms with Crippen molar-refractivity contribution in [2.75, 3.05) is 6.61 Å². The van der Waals surface area contributed by atoms with Crippen molar-refractivity contribution in [2.45, 2.75) is 45.1 Å². The van der Waals surface area contributed by atoms with Crippen molar-refractivity contribution in [3.8, 4) is 0 Å². The smallest absolute Gasteiger partial charge is 0.360 e. The van der Waals surface area contributed by atoms with Gasteiger partial charge in [0.25, 0.3) is 0 Å². The lowest BCUT2D eigenvalue weighted by molar-refractivity contribution is 0.0518. The number of ether oxygens (including phenoxy) is 1. The number of hydrogen-bond donors (Lipinski definition) is 0. The van der Waals surface area contributed by atoms with E-state index in [0.29, 0.717) is 18.2 Å². The van der Waals surface area contributed by atoms with E-state index in [4.69, 9.17) is 4.74 Å². The minimum atomic E-state index is -0.323. The molecular weight excluding hydrogens is 218 g/mol. The number of nitrogens with zero attached hydrogens (tertiary/aromatic N) is 3. The number of hydrogen-bond acceptors (Lipinski definition) is 4. The molecule has 2 aliphatic carbocycles. The summed E-state index contributed by atoms with van der Waals surface area (Å²) < 4.78 is 6.96. The molecule has 1 aromatic heterocycles. The summed E-state index contributed by atoms with van der Waals surface area (Å²) in [7, 11) is 0. The van der Waals surface area contributed by atoms with Gasteiger partial charge < -0.3 is 4.74 Å². The van der Waals surface area contributed by atoms with Crippen LogP contribution in [0, 0.1) is 5.92 Å². The molecule has 0 N–H and O–H groups in total. The van der Waals surface area contributed by atoms with Crippen LogP contribution in [0.2, 0.25) is 0 Å². The third-order valence-corrected chi connectivity index (χ3v) is 3.33. The molecule has 3 rings (SSSR count). The fourth-order valence-corrected chi connectivity index (χ4v) is 2.11. The van der Waals surface area contributed by atoms with Gasteiger partial charge in [-0.25, -0.2) is 9.48 Å². The summed E-state index contributed by atoms with van der Waals surface area (Å²) in [5.74, 6) is 0.892. The monoisotopic (exact) mass is 235 g/mol. The molecule has 0 unspecified atom stereocenters. The van der Waals surface area contributed by atoms with Crippen molar-refractivity contribution in [1.29, 1.82) is 0 Å². The first-order chi connectivity index (χ1) is 8.29. The zero-order valence-corrected chi connectivity index (χ0v) is 10.1. The number of aromatic nitrogens is 3. The second kappa shape index (κ2) is 4.13. The third kappa shape index (κ3) is 2.18. The van der Waals surface area contributed by atoms with Gasteiger partial charge in [-0.1, -0.05) is 5.21 Å². The maximum absolute atomic E-state index is 11.8. The molecule has 0 aliphatic heterocycles. The minimum Gasteiger partial charge on any atom is -0.461 e. The SMILES string of the molecule is CCOC(=O)c1nnn(CC2CC2)c1C1CC1. The minimum absolute atomic E-state index is 0.323. The Labute approximate surface area is 100 Å². The average Bonchev–Trinajstić information content (AvgIpc) is 3.19. The highest BCUT2D eigenvalue weighted by atomic mass is 16.5. The van der Waals surface area contributed by atoms with Crippen LogP contribution in [-0.2, 0) is 11.3 Å². The maximum atomic E-state index is 11.8. The molecule has 5 heteroatoms. The van der Waals surface area contributed by atoms with Crippen LogP contribution in [-0.4, -0.2) is 27.6 Å². The highest BCUT2D eigenvalue weighted by Gasteiger charge is 2.35. The second-order valence-electron chi connectivity index (χ2n) is 4.94. The Hall–Kier alpha value is -1.39. The highest BCUT2D eigenvalue weighted by Crippen LogP contribution is 2.42. The molecule has 0 saturated heterocycles. The largest absolute Gasteiger partial charge is 0.461 e. The van der Waals surface area contributed by atoms with Crippen molar-refractivity contribution in [3.63, 3.8) is 0 Å². The fourth-order valence-electron chi connectivity index (χ4n) is 2.11. The van der Waals surface area contributed by atoms with E-state index < -0.39 is 0 Å². The Bertz CT molecular complexity index is 433. The van der Waals surface area contributed by atoms with Crippen LogP contribution in [0.25, 0.3) is 0 Å². The standard InChI is InChI=1S/C12H17N3O2/c1-2-17-12(16)10-11(9-5-6-9)15(14-13-10)7-8-3-4-8/h8-9H,2-7H2,1H3. The molecule has 0 radical (unpaired) electrons. The van der Waals surface area contributed by atoms with Gasteiger partial charge in [0.05, 0.1) is 12.3 Å². The van der Waals surface area contributed by atoms with Crippen LogP contribution in [0.3, 0.4) is 0 Å². The van der Waals surface area contributed by atoms with Gasteiger partial charge >= 0.3 is 5.97 Å². The number of rotatable bonds is 5. The van der Waals surface area contributed by atoms with Gasteiger partial charge in [-0.3, -0.25) is 0 Å². The Morgan fingerprint density at radius 3 is 2.76 bits per heavy atom. The van der Waals surface area contributed by atoms with Gasteiger partial charge in [0, 0.05) is 12.5 Å². The maximum Gasteiger partial charge on any atom is 0.360 e. The molecule has 0 atom stereocenters. The van der Waals surface area contributed by atoms with Gasteiger partial charge in [0.2, 0.25) is 0 Å². The van der Waals surface area contributed by atoms with Gasteiger partial charge in [-0.2, -0.15) is 0 Å². The van der Waals surface area contributed by atoms with E-state index in [1.807, 2.05) is 11.6 Å². The summed E-state index contributed by atoms with van der Waals surface area (Å²) in [5.41, 5.74) is 1.45. The number of esters is 1. The topological polar surface area (TPSA) is 57.0 Å². The van der Waals surface area contributed by atoms with Crippen LogP contribution in [0.1, 0.15) is 54.7 Å². The Kier molecular flexibility index (Phi) is 2.61. The molecule has 2 saturated carbocycles. The second-order valence-corrected chi connectivity index (χ2v) is 4.94. The number of carbonyl (C=O) groups is 1. The van der Waals surface area contributed by atoms with Crippen molar-refractivity contribution in [1.82, 2.24) is 15.0 Å². The Morgan fingerprint density at radius 2 is 2.18 bits per heavy atom. The average molecular weight is 235 g/mol. The molecule has 2 aliphatic rings. The molecule has 5 nitrogen and oxygen atoms in total. The lowest BCUT2D eigenvalue weighted by atomic mass is 10.2. The lowest BCUT2D eigenvalue weighted by Gasteiger charge is -2.05. The van der Waals surface area contributed by atoms with Gasteiger partial charge in [-0.05, 0) is 38.5 Å².